The molecule has 106 valence electrons. The number of nitrogens with one attached hydrogen (secondary N) is 1. The molecule has 0 aromatic heterocycles. The zero-order valence-corrected chi connectivity index (χ0v) is 12.0. The average molecular weight is 286 g/mol. The van der Waals surface area contributed by atoms with E-state index in [2.05, 4.69) is 5.32 Å². The van der Waals surface area contributed by atoms with Gasteiger partial charge in [-0.1, -0.05) is 12.5 Å². The third-order valence-corrected chi connectivity index (χ3v) is 4.28. The van der Waals surface area contributed by atoms with Crippen LogP contribution in [0.15, 0.2) is 18.2 Å². The molecule has 0 heterocycles. The summed E-state index contributed by atoms with van der Waals surface area (Å²) in [6.07, 6.45) is 4.69. The number of benzene rings is 1. The molecular weight excluding hydrogens is 265 g/mol. The molecule has 0 spiro atoms. The lowest BCUT2D eigenvalue weighted by atomic mass is 9.87. The van der Waals surface area contributed by atoms with Gasteiger partial charge in [-0.3, -0.25) is 0 Å². The molecule has 0 aliphatic heterocycles. The van der Waals surface area contributed by atoms with Gasteiger partial charge < -0.3 is 10.1 Å². The smallest absolute Gasteiger partial charge is 0.131 e. The predicted octanol–water partition coefficient (Wildman–Crippen LogP) is 3.72. The van der Waals surface area contributed by atoms with Crippen molar-refractivity contribution in [1.82, 2.24) is 5.32 Å². The molecule has 2 rings (SSSR count). The maximum Gasteiger partial charge on any atom is 0.131 e. The van der Waals surface area contributed by atoms with Crippen molar-refractivity contribution in [3.8, 4) is 5.75 Å². The molecule has 1 aliphatic carbocycles. The van der Waals surface area contributed by atoms with Crippen molar-refractivity contribution in [3.63, 3.8) is 0 Å². The van der Waals surface area contributed by atoms with E-state index < -0.39 is 0 Å². The van der Waals surface area contributed by atoms with Crippen LogP contribution >= 0.6 is 11.6 Å². The van der Waals surface area contributed by atoms with Crippen LogP contribution in [0.1, 0.15) is 31.2 Å². The van der Waals surface area contributed by atoms with Gasteiger partial charge in [-0.15, -0.1) is 11.6 Å². The van der Waals surface area contributed by atoms with E-state index in [1.54, 1.807) is 19.2 Å². The zero-order chi connectivity index (χ0) is 13.7. The van der Waals surface area contributed by atoms with E-state index in [0.29, 0.717) is 29.8 Å². The van der Waals surface area contributed by atoms with Gasteiger partial charge in [0.1, 0.15) is 11.6 Å². The standard InChI is InChI=1S/C15H21ClFNO/c1-19-14-6-5-12(15(17)8-14)10-18-13-4-2-3-11(7-13)9-16/h5-6,8,11,13,18H,2-4,7,9-10H2,1H3. The van der Waals surface area contributed by atoms with Gasteiger partial charge in [0.05, 0.1) is 7.11 Å². The van der Waals surface area contributed by atoms with Crippen LogP contribution in [0.3, 0.4) is 0 Å². The van der Waals surface area contributed by atoms with Gasteiger partial charge >= 0.3 is 0 Å². The first kappa shape index (κ1) is 14.6. The lowest BCUT2D eigenvalue weighted by Crippen LogP contribution is -2.34. The molecular formula is C15H21ClFNO. The lowest BCUT2D eigenvalue weighted by molar-refractivity contribution is 0.302. The van der Waals surface area contributed by atoms with Crippen molar-refractivity contribution < 1.29 is 9.13 Å². The maximum atomic E-state index is 13.8. The van der Waals surface area contributed by atoms with E-state index in [0.717, 1.165) is 18.7 Å². The second-order valence-electron chi connectivity index (χ2n) is 5.22. The Kier molecular flexibility index (Phi) is 5.46. The molecule has 19 heavy (non-hydrogen) atoms. The van der Waals surface area contributed by atoms with E-state index in [1.165, 1.54) is 18.9 Å². The second-order valence-corrected chi connectivity index (χ2v) is 5.53. The molecule has 0 saturated heterocycles. The van der Waals surface area contributed by atoms with Crippen LogP contribution in [-0.4, -0.2) is 19.0 Å². The topological polar surface area (TPSA) is 21.3 Å². The van der Waals surface area contributed by atoms with Crippen molar-refractivity contribution in [3.05, 3.63) is 29.6 Å². The molecule has 4 heteroatoms. The van der Waals surface area contributed by atoms with Crippen molar-refractivity contribution in [2.75, 3.05) is 13.0 Å². The fourth-order valence-electron chi connectivity index (χ4n) is 2.67. The Hall–Kier alpha value is -0.800. The first-order chi connectivity index (χ1) is 9.22. The Bertz CT molecular complexity index is 413. The van der Waals surface area contributed by atoms with Crippen molar-refractivity contribution >= 4 is 11.6 Å². The average Bonchev–Trinajstić information content (AvgIpc) is 2.46. The fraction of sp³-hybridized carbons (Fsp3) is 0.600. The minimum Gasteiger partial charge on any atom is -0.497 e. The quantitative estimate of drug-likeness (QED) is 0.833. The third-order valence-electron chi connectivity index (χ3n) is 3.84. The summed E-state index contributed by atoms with van der Waals surface area (Å²) in [4.78, 5) is 0. The fourth-order valence-corrected chi connectivity index (χ4v) is 2.95. The van der Waals surface area contributed by atoms with Gasteiger partial charge in [-0.25, -0.2) is 4.39 Å². The number of rotatable bonds is 5. The largest absolute Gasteiger partial charge is 0.497 e. The van der Waals surface area contributed by atoms with Crippen molar-refractivity contribution in [2.24, 2.45) is 5.92 Å². The molecule has 1 saturated carbocycles. The Morgan fingerprint density at radius 2 is 2.26 bits per heavy atom. The summed E-state index contributed by atoms with van der Waals surface area (Å²) in [5.41, 5.74) is 0.689. The molecule has 2 nitrogen and oxygen atoms in total. The van der Waals surface area contributed by atoms with Gasteiger partial charge in [0.15, 0.2) is 0 Å². The number of halogens is 2. The highest BCUT2D eigenvalue weighted by Crippen LogP contribution is 2.25. The van der Waals surface area contributed by atoms with Crippen LogP contribution in [0.5, 0.6) is 5.75 Å². The molecule has 1 aliphatic rings. The number of hydrogen-bond acceptors (Lipinski definition) is 2. The number of alkyl halides is 1. The van der Waals surface area contributed by atoms with E-state index in [-0.39, 0.29) is 5.82 Å². The predicted molar refractivity (Wildman–Crippen MR) is 76.3 cm³/mol. The SMILES string of the molecule is COc1ccc(CNC2CCCC(CCl)C2)c(F)c1. The summed E-state index contributed by atoms with van der Waals surface area (Å²) >= 11 is 5.92. The third kappa shape index (κ3) is 4.08. The molecule has 2 unspecified atom stereocenters. The van der Waals surface area contributed by atoms with E-state index >= 15 is 0 Å². The Morgan fingerprint density at radius 3 is 2.95 bits per heavy atom. The number of methoxy groups -OCH3 is 1. The summed E-state index contributed by atoms with van der Waals surface area (Å²) in [5, 5.41) is 3.44. The molecule has 1 N–H and O–H groups in total. The Morgan fingerprint density at radius 1 is 1.42 bits per heavy atom. The van der Waals surface area contributed by atoms with Crippen LogP contribution in [0, 0.1) is 11.7 Å². The molecule has 0 radical (unpaired) electrons. The van der Waals surface area contributed by atoms with Crippen molar-refractivity contribution in [2.45, 2.75) is 38.3 Å². The first-order valence-electron chi connectivity index (χ1n) is 6.84. The van der Waals surface area contributed by atoms with Crippen LogP contribution in [0.25, 0.3) is 0 Å². The van der Waals surface area contributed by atoms with E-state index in [9.17, 15) is 4.39 Å². The first-order valence-corrected chi connectivity index (χ1v) is 7.38. The summed E-state index contributed by atoms with van der Waals surface area (Å²) in [7, 11) is 1.54. The number of ether oxygens (including phenoxy) is 1. The minimum atomic E-state index is -0.212. The summed E-state index contributed by atoms with van der Waals surface area (Å²) in [6, 6.07) is 5.46. The van der Waals surface area contributed by atoms with E-state index in [4.69, 9.17) is 16.3 Å². The molecule has 1 fully saturated rings. The van der Waals surface area contributed by atoms with Crippen LogP contribution in [-0.2, 0) is 6.54 Å². The van der Waals surface area contributed by atoms with Gasteiger partial charge in [0.25, 0.3) is 0 Å². The van der Waals surface area contributed by atoms with Crippen LogP contribution in [0.2, 0.25) is 0 Å². The van der Waals surface area contributed by atoms with Gasteiger partial charge in [-0.05, 0) is 31.2 Å². The Labute approximate surface area is 119 Å². The highest BCUT2D eigenvalue weighted by molar-refractivity contribution is 6.18. The summed E-state index contributed by atoms with van der Waals surface area (Å²) in [5.74, 6) is 1.68. The van der Waals surface area contributed by atoms with E-state index in [1.807, 2.05) is 0 Å². The highest BCUT2D eigenvalue weighted by Gasteiger charge is 2.21. The maximum absolute atomic E-state index is 13.8. The zero-order valence-electron chi connectivity index (χ0n) is 11.3. The highest BCUT2D eigenvalue weighted by atomic mass is 35.5. The monoisotopic (exact) mass is 285 g/mol. The van der Waals surface area contributed by atoms with Gasteiger partial charge in [-0.2, -0.15) is 0 Å². The molecule has 0 amide bonds. The molecule has 2 atom stereocenters. The van der Waals surface area contributed by atoms with Crippen LogP contribution < -0.4 is 10.1 Å². The van der Waals surface area contributed by atoms with Crippen LogP contribution in [0.4, 0.5) is 4.39 Å². The van der Waals surface area contributed by atoms with Gasteiger partial charge in [0.2, 0.25) is 0 Å². The molecule has 0 bridgehead atoms. The lowest BCUT2D eigenvalue weighted by Gasteiger charge is -2.28. The second kappa shape index (κ2) is 7.11. The molecule has 1 aromatic carbocycles. The Balaban J connectivity index is 1.88. The summed E-state index contributed by atoms with van der Waals surface area (Å²) in [6.45, 7) is 0.565. The normalized spacial score (nSPS) is 23.3. The van der Waals surface area contributed by atoms with Gasteiger partial charge in [0, 0.05) is 30.1 Å². The molecule has 1 aromatic rings. The minimum absolute atomic E-state index is 0.212. The summed E-state index contributed by atoms with van der Waals surface area (Å²) < 4.78 is 18.8. The van der Waals surface area contributed by atoms with Crippen molar-refractivity contribution in [1.29, 1.82) is 0 Å². The number of hydrogen-bond donors (Lipinski definition) is 1.